The molecule has 0 fully saturated rings. The van der Waals surface area contributed by atoms with Gasteiger partial charge in [0, 0.05) is 16.2 Å². The number of phenolic OH excluding ortho intramolecular Hbond substituents is 1. The van der Waals surface area contributed by atoms with E-state index in [1.165, 1.54) is 20.5 Å². The predicted octanol–water partition coefficient (Wildman–Crippen LogP) is 4.54. The minimum Gasteiger partial charge on any atom is -0.507 e. The Labute approximate surface area is 149 Å². The highest BCUT2D eigenvalue weighted by molar-refractivity contribution is 6.20. The van der Waals surface area contributed by atoms with Crippen molar-refractivity contribution in [2.45, 2.75) is 0 Å². The van der Waals surface area contributed by atoms with Crippen LogP contribution in [0.4, 0.5) is 0 Å². The van der Waals surface area contributed by atoms with E-state index in [0.717, 1.165) is 5.39 Å². The number of furan rings is 1. The SMILES string of the molecule is COc1ccc(OC)c(C(=O)c2coc3c2cc(O)c2ccccc23)c1. The van der Waals surface area contributed by atoms with Gasteiger partial charge in [0.25, 0.3) is 0 Å². The molecule has 0 aliphatic heterocycles. The Morgan fingerprint density at radius 3 is 2.42 bits per heavy atom. The predicted molar refractivity (Wildman–Crippen MR) is 98.4 cm³/mol. The minimum atomic E-state index is -0.269. The van der Waals surface area contributed by atoms with Gasteiger partial charge < -0.3 is 19.0 Å². The second kappa shape index (κ2) is 6.11. The molecule has 1 N–H and O–H groups in total. The summed E-state index contributed by atoms with van der Waals surface area (Å²) < 4.78 is 16.2. The number of methoxy groups -OCH3 is 2. The van der Waals surface area contributed by atoms with E-state index in [-0.39, 0.29) is 11.5 Å². The third-order valence-electron chi connectivity index (χ3n) is 4.45. The molecule has 4 rings (SSSR count). The largest absolute Gasteiger partial charge is 0.507 e. The molecule has 0 aliphatic rings. The van der Waals surface area contributed by atoms with Gasteiger partial charge in [-0.2, -0.15) is 0 Å². The first-order valence-electron chi connectivity index (χ1n) is 8.02. The van der Waals surface area contributed by atoms with E-state index in [4.69, 9.17) is 13.9 Å². The summed E-state index contributed by atoms with van der Waals surface area (Å²) in [5.41, 5.74) is 1.28. The van der Waals surface area contributed by atoms with Crippen LogP contribution < -0.4 is 9.47 Å². The average Bonchev–Trinajstić information content (AvgIpc) is 3.11. The van der Waals surface area contributed by atoms with Gasteiger partial charge in [-0.05, 0) is 24.3 Å². The molecule has 26 heavy (non-hydrogen) atoms. The van der Waals surface area contributed by atoms with E-state index < -0.39 is 0 Å². The summed E-state index contributed by atoms with van der Waals surface area (Å²) in [4.78, 5) is 13.1. The molecule has 3 aromatic carbocycles. The van der Waals surface area contributed by atoms with Gasteiger partial charge in [0.2, 0.25) is 5.78 Å². The van der Waals surface area contributed by atoms with E-state index in [9.17, 15) is 9.90 Å². The number of ether oxygens (including phenoxy) is 2. The topological polar surface area (TPSA) is 68.9 Å². The Morgan fingerprint density at radius 2 is 1.69 bits per heavy atom. The van der Waals surface area contributed by atoms with Crippen LogP contribution in [-0.2, 0) is 0 Å². The molecule has 0 amide bonds. The van der Waals surface area contributed by atoms with Crippen molar-refractivity contribution in [1.29, 1.82) is 0 Å². The zero-order chi connectivity index (χ0) is 18.3. The number of carbonyl (C=O) groups is 1. The number of phenols is 1. The van der Waals surface area contributed by atoms with Crippen molar-refractivity contribution in [1.82, 2.24) is 0 Å². The highest BCUT2D eigenvalue weighted by Crippen LogP contribution is 2.37. The highest BCUT2D eigenvalue weighted by Gasteiger charge is 2.22. The summed E-state index contributed by atoms with van der Waals surface area (Å²) in [5.74, 6) is 0.820. The first kappa shape index (κ1) is 16.0. The van der Waals surface area contributed by atoms with Crippen molar-refractivity contribution >= 4 is 27.5 Å². The molecule has 1 heterocycles. The van der Waals surface area contributed by atoms with Crippen LogP contribution in [0.5, 0.6) is 17.2 Å². The first-order chi connectivity index (χ1) is 12.6. The molecule has 0 saturated carbocycles. The summed E-state index contributed by atoms with van der Waals surface area (Å²) in [6.45, 7) is 0. The molecule has 1 aromatic heterocycles. The second-order valence-corrected chi connectivity index (χ2v) is 5.86. The van der Waals surface area contributed by atoms with Crippen LogP contribution in [0.25, 0.3) is 21.7 Å². The molecule has 5 nitrogen and oxygen atoms in total. The second-order valence-electron chi connectivity index (χ2n) is 5.86. The van der Waals surface area contributed by atoms with Gasteiger partial charge in [-0.25, -0.2) is 0 Å². The van der Waals surface area contributed by atoms with Crippen LogP contribution in [0.3, 0.4) is 0 Å². The zero-order valence-corrected chi connectivity index (χ0v) is 14.3. The van der Waals surface area contributed by atoms with Gasteiger partial charge in [-0.15, -0.1) is 0 Å². The standard InChI is InChI=1S/C21H16O5/c1-24-12-7-8-19(25-2)16(9-12)20(23)17-11-26-21-14-6-4-3-5-13(14)18(22)10-15(17)21/h3-11,22H,1-2H3. The van der Waals surface area contributed by atoms with Crippen molar-refractivity contribution in [3.05, 3.63) is 65.9 Å². The number of hydrogen-bond acceptors (Lipinski definition) is 5. The summed E-state index contributed by atoms with van der Waals surface area (Å²) >= 11 is 0. The third kappa shape index (κ3) is 2.37. The fourth-order valence-electron chi connectivity index (χ4n) is 3.15. The normalized spacial score (nSPS) is 11.0. The third-order valence-corrected chi connectivity index (χ3v) is 4.45. The van der Waals surface area contributed by atoms with Crippen molar-refractivity contribution in [3.63, 3.8) is 0 Å². The summed E-state index contributed by atoms with van der Waals surface area (Å²) in [6.07, 6.45) is 1.41. The summed E-state index contributed by atoms with van der Waals surface area (Å²) in [5, 5.41) is 12.3. The maximum absolute atomic E-state index is 13.1. The van der Waals surface area contributed by atoms with E-state index in [0.29, 0.717) is 39.0 Å². The van der Waals surface area contributed by atoms with Crippen LogP contribution in [0.2, 0.25) is 0 Å². The molecule has 130 valence electrons. The van der Waals surface area contributed by atoms with Gasteiger partial charge in [-0.1, -0.05) is 24.3 Å². The highest BCUT2D eigenvalue weighted by atomic mass is 16.5. The number of ketones is 1. The van der Waals surface area contributed by atoms with E-state index in [2.05, 4.69) is 0 Å². The lowest BCUT2D eigenvalue weighted by Gasteiger charge is -2.09. The van der Waals surface area contributed by atoms with Crippen molar-refractivity contribution < 1.29 is 23.8 Å². The molecular formula is C21H16O5. The molecule has 0 spiro atoms. The zero-order valence-electron chi connectivity index (χ0n) is 14.3. The van der Waals surface area contributed by atoms with Gasteiger partial charge in [-0.3, -0.25) is 4.79 Å². The quantitative estimate of drug-likeness (QED) is 0.548. The Kier molecular flexibility index (Phi) is 3.77. The van der Waals surface area contributed by atoms with Gasteiger partial charge in [0.05, 0.1) is 25.3 Å². The molecule has 0 radical (unpaired) electrons. The molecule has 4 aromatic rings. The van der Waals surface area contributed by atoms with E-state index in [1.807, 2.05) is 18.2 Å². The number of rotatable bonds is 4. The fourth-order valence-corrected chi connectivity index (χ4v) is 3.15. The fraction of sp³-hybridized carbons (Fsp3) is 0.0952. The van der Waals surface area contributed by atoms with Crippen LogP contribution in [0.15, 0.2) is 59.2 Å². The lowest BCUT2D eigenvalue weighted by molar-refractivity contribution is 0.103. The van der Waals surface area contributed by atoms with Crippen molar-refractivity contribution in [3.8, 4) is 17.2 Å². The van der Waals surface area contributed by atoms with Gasteiger partial charge >= 0.3 is 0 Å². The van der Waals surface area contributed by atoms with Crippen LogP contribution in [0.1, 0.15) is 15.9 Å². The molecule has 0 atom stereocenters. The maximum Gasteiger partial charge on any atom is 0.200 e. The molecule has 0 unspecified atom stereocenters. The number of aromatic hydroxyl groups is 1. The lowest BCUT2D eigenvalue weighted by Crippen LogP contribution is -2.04. The average molecular weight is 348 g/mol. The number of benzene rings is 3. The van der Waals surface area contributed by atoms with Crippen molar-refractivity contribution in [2.24, 2.45) is 0 Å². The Bertz CT molecular complexity index is 1140. The minimum absolute atomic E-state index is 0.0983. The van der Waals surface area contributed by atoms with Crippen LogP contribution in [0, 0.1) is 0 Å². The smallest absolute Gasteiger partial charge is 0.200 e. The lowest BCUT2D eigenvalue weighted by atomic mass is 9.99. The monoisotopic (exact) mass is 348 g/mol. The molecule has 0 aliphatic carbocycles. The molecule has 0 saturated heterocycles. The summed E-state index contributed by atoms with van der Waals surface area (Å²) in [6, 6.07) is 13.9. The van der Waals surface area contributed by atoms with Crippen molar-refractivity contribution in [2.75, 3.05) is 14.2 Å². The van der Waals surface area contributed by atoms with Crippen LogP contribution in [-0.4, -0.2) is 25.1 Å². The number of carbonyl (C=O) groups excluding carboxylic acids is 1. The Balaban J connectivity index is 1.94. The Morgan fingerprint density at radius 1 is 0.923 bits per heavy atom. The van der Waals surface area contributed by atoms with E-state index in [1.54, 1.807) is 30.3 Å². The van der Waals surface area contributed by atoms with Gasteiger partial charge in [0.1, 0.15) is 29.1 Å². The molecule has 5 heteroatoms. The van der Waals surface area contributed by atoms with Crippen LogP contribution >= 0.6 is 0 Å². The molecule has 0 bridgehead atoms. The van der Waals surface area contributed by atoms with E-state index >= 15 is 0 Å². The number of hydrogen-bond donors (Lipinski definition) is 1. The number of fused-ring (bicyclic) bond motifs is 3. The molecular weight excluding hydrogens is 332 g/mol. The maximum atomic E-state index is 13.1. The van der Waals surface area contributed by atoms with Gasteiger partial charge in [0.15, 0.2) is 0 Å². The summed E-state index contributed by atoms with van der Waals surface area (Å²) in [7, 11) is 3.04. The first-order valence-corrected chi connectivity index (χ1v) is 8.02. The Hall–Kier alpha value is -3.47.